The van der Waals surface area contributed by atoms with Gasteiger partial charge in [-0.2, -0.15) is 0 Å². The van der Waals surface area contributed by atoms with E-state index >= 15 is 0 Å². The van der Waals surface area contributed by atoms with Crippen molar-refractivity contribution in [3.8, 4) is 5.75 Å². The van der Waals surface area contributed by atoms with E-state index < -0.39 is 11.7 Å². The van der Waals surface area contributed by atoms with Gasteiger partial charge < -0.3 is 19.7 Å². The number of nitrogens with zero attached hydrogens (tertiary/aromatic N) is 1. The van der Waals surface area contributed by atoms with Crippen molar-refractivity contribution in [2.75, 3.05) is 24.6 Å². The minimum Gasteiger partial charge on any atom is -0.491 e. The first-order valence-electron chi connectivity index (χ1n) is 7.86. The zero-order valence-corrected chi connectivity index (χ0v) is 13.9. The van der Waals surface area contributed by atoms with Crippen molar-refractivity contribution in [2.45, 2.75) is 39.2 Å². The maximum absolute atomic E-state index is 12.2. The largest absolute Gasteiger partial charge is 0.491 e. The molecule has 6 nitrogen and oxygen atoms in total. The molecular formula is C17H24N2O4. The minimum atomic E-state index is -0.513. The number of ether oxygens (including phenoxy) is 2. The summed E-state index contributed by atoms with van der Waals surface area (Å²) in [5, 5.41) is 2.70. The van der Waals surface area contributed by atoms with Crippen LogP contribution in [0.1, 0.15) is 33.6 Å². The number of para-hydroxylation sites is 2. The molecule has 0 saturated carbocycles. The molecule has 0 atom stereocenters. The van der Waals surface area contributed by atoms with E-state index in [4.69, 9.17) is 9.47 Å². The van der Waals surface area contributed by atoms with Crippen LogP contribution in [-0.4, -0.2) is 37.3 Å². The van der Waals surface area contributed by atoms with Crippen LogP contribution in [0.25, 0.3) is 0 Å². The minimum absolute atomic E-state index is 0.0345. The molecule has 1 aromatic carbocycles. The zero-order valence-electron chi connectivity index (χ0n) is 13.9. The maximum atomic E-state index is 12.2. The van der Waals surface area contributed by atoms with Crippen LogP contribution in [0.4, 0.5) is 10.5 Å². The summed E-state index contributed by atoms with van der Waals surface area (Å²) in [6.07, 6.45) is 0.552. The van der Waals surface area contributed by atoms with E-state index in [1.807, 2.05) is 45.0 Å². The highest BCUT2D eigenvalue weighted by atomic mass is 16.6. The number of carbonyl (C=O) groups is 2. The molecule has 1 aliphatic rings. The molecule has 0 fully saturated rings. The Morgan fingerprint density at radius 2 is 2.09 bits per heavy atom. The van der Waals surface area contributed by atoms with Gasteiger partial charge in [-0.25, -0.2) is 4.79 Å². The maximum Gasteiger partial charge on any atom is 0.407 e. The van der Waals surface area contributed by atoms with Crippen LogP contribution in [0.15, 0.2) is 24.3 Å². The number of anilines is 1. The summed E-state index contributed by atoms with van der Waals surface area (Å²) in [6.45, 7) is 6.82. The second-order valence-corrected chi connectivity index (χ2v) is 6.39. The van der Waals surface area contributed by atoms with Crippen LogP contribution >= 0.6 is 0 Å². The van der Waals surface area contributed by atoms with E-state index in [1.54, 1.807) is 4.90 Å². The van der Waals surface area contributed by atoms with E-state index in [1.165, 1.54) is 0 Å². The third-order valence-corrected chi connectivity index (χ3v) is 3.26. The van der Waals surface area contributed by atoms with Crippen molar-refractivity contribution in [1.29, 1.82) is 0 Å². The van der Waals surface area contributed by atoms with Crippen LogP contribution in [0.5, 0.6) is 5.75 Å². The normalized spacial score (nSPS) is 14.6. The highest BCUT2D eigenvalue weighted by molar-refractivity contribution is 5.95. The number of carbonyl (C=O) groups excluding carboxylic acids is 2. The molecule has 6 heteroatoms. The molecule has 0 aliphatic carbocycles. The zero-order chi connectivity index (χ0) is 16.9. The Balaban J connectivity index is 1.87. The standard InChI is InChI=1S/C17H24N2O4/c1-17(2,3)23-16(21)18-10-6-11-19-13-7-4-5-8-14(13)22-12-9-15(19)20/h4-5,7-8H,6,9-12H2,1-3H3,(H,18,21). The van der Waals surface area contributed by atoms with Gasteiger partial charge in [-0.05, 0) is 39.3 Å². The lowest BCUT2D eigenvalue weighted by molar-refractivity contribution is -0.118. The van der Waals surface area contributed by atoms with Crippen molar-refractivity contribution in [1.82, 2.24) is 5.32 Å². The highest BCUT2D eigenvalue weighted by Crippen LogP contribution is 2.30. The van der Waals surface area contributed by atoms with Gasteiger partial charge in [0, 0.05) is 13.1 Å². The number of benzene rings is 1. The summed E-state index contributed by atoms with van der Waals surface area (Å²) >= 11 is 0. The van der Waals surface area contributed by atoms with Crippen LogP contribution < -0.4 is 15.0 Å². The van der Waals surface area contributed by atoms with Gasteiger partial charge in [-0.3, -0.25) is 4.79 Å². The molecular weight excluding hydrogens is 296 g/mol. The molecule has 0 aromatic heterocycles. The van der Waals surface area contributed by atoms with Gasteiger partial charge in [0.05, 0.1) is 18.7 Å². The van der Waals surface area contributed by atoms with Gasteiger partial charge in [0.2, 0.25) is 5.91 Å². The first-order valence-corrected chi connectivity index (χ1v) is 7.86. The molecule has 1 aromatic rings. The lowest BCUT2D eigenvalue weighted by Crippen LogP contribution is -2.36. The summed E-state index contributed by atoms with van der Waals surface area (Å²) in [7, 11) is 0. The first kappa shape index (κ1) is 17.1. The fourth-order valence-corrected chi connectivity index (χ4v) is 2.31. The Morgan fingerprint density at radius 1 is 1.35 bits per heavy atom. The molecule has 1 heterocycles. The molecule has 0 bridgehead atoms. The van der Waals surface area contributed by atoms with E-state index in [-0.39, 0.29) is 5.91 Å². The number of fused-ring (bicyclic) bond motifs is 1. The third-order valence-electron chi connectivity index (χ3n) is 3.26. The third kappa shape index (κ3) is 5.16. The topological polar surface area (TPSA) is 67.9 Å². The molecule has 0 unspecified atom stereocenters. The summed E-state index contributed by atoms with van der Waals surface area (Å²) in [5.41, 5.74) is 0.272. The second-order valence-electron chi connectivity index (χ2n) is 6.39. The SMILES string of the molecule is CC(C)(C)OC(=O)NCCCN1C(=O)CCOc2ccccc21. The van der Waals surface area contributed by atoms with E-state index in [0.29, 0.717) is 32.5 Å². The molecule has 126 valence electrons. The molecule has 2 amide bonds. The van der Waals surface area contributed by atoms with Crippen molar-refractivity contribution < 1.29 is 19.1 Å². The number of amides is 2. The summed E-state index contributed by atoms with van der Waals surface area (Å²) in [6, 6.07) is 7.50. The molecule has 0 radical (unpaired) electrons. The van der Waals surface area contributed by atoms with Gasteiger partial charge in [-0.1, -0.05) is 12.1 Å². The van der Waals surface area contributed by atoms with Crippen molar-refractivity contribution in [2.24, 2.45) is 0 Å². The number of alkyl carbamates (subject to hydrolysis) is 1. The number of rotatable bonds is 4. The van der Waals surface area contributed by atoms with Crippen molar-refractivity contribution in [3.63, 3.8) is 0 Å². The molecule has 1 aliphatic heterocycles. The van der Waals surface area contributed by atoms with Gasteiger partial charge in [0.1, 0.15) is 11.4 Å². The van der Waals surface area contributed by atoms with Crippen LogP contribution in [0.2, 0.25) is 0 Å². The smallest absolute Gasteiger partial charge is 0.407 e. The number of nitrogens with one attached hydrogen (secondary N) is 1. The molecule has 2 rings (SSSR count). The van der Waals surface area contributed by atoms with E-state index in [9.17, 15) is 9.59 Å². The Bertz CT molecular complexity index is 566. The summed E-state index contributed by atoms with van der Waals surface area (Å²) in [5.74, 6) is 0.755. The fraction of sp³-hybridized carbons (Fsp3) is 0.529. The molecule has 0 saturated heterocycles. The van der Waals surface area contributed by atoms with Gasteiger partial charge >= 0.3 is 6.09 Å². The van der Waals surface area contributed by atoms with E-state index in [2.05, 4.69) is 5.32 Å². The average molecular weight is 320 g/mol. The lowest BCUT2D eigenvalue weighted by atomic mass is 10.2. The molecule has 23 heavy (non-hydrogen) atoms. The summed E-state index contributed by atoms with van der Waals surface area (Å²) < 4.78 is 10.8. The number of hydrogen-bond donors (Lipinski definition) is 1. The van der Waals surface area contributed by atoms with Gasteiger partial charge in [0.25, 0.3) is 0 Å². The monoisotopic (exact) mass is 320 g/mol. The molecule has 0 spiro atoms. The lowest BCUT2D eigenvalue weighted by Gasteiger charge is -2.22. The number of hydrogen-bond acceptors (Lipinski definition) is 4. The average Bonchev–Trinajstić information content (AvgIpc) is 2.61. The fourth-order valence-electron chi connectivity index (χ4n) is 2.31. The second kappa shape index (κ2) is 7.35. The highest BCUT2D eigenvalue weighted by Gasteiger charge is 2.22. The van der Waals surface area contributed by atoms with E-state index in [0.717, 1.165) is 11.4 Å². The van der Waals surface area contributed by atoms with Gasteiger partial charge in [-0.15, -0.1) is 0 Å². The van der Waals surface area contributed by atoms with Crippen LogP contribution in [0, 0.1) is 0 Å². The Kier molecular flexibility index (Phi) is 5.47. The molecule has 1 N–H and O–H groups in total. The summed E-state index contributed by atoms with van der Waals surface area (Å²) in [4.78, 5) is 25.5. The Morgan fingerprint density at radius 3 is 2.83 bits per heavy atom. The van der Waals surface area contributed by atoms with Crippen molar-refractivity contribution >= 4 is 17.7 Å². The predicted octanol–water partition coefficient (Wildman–Crippen LogP) is 2.72. The van der Waals surface area contributed by atoms with Gasteiger partial charge in [0.15, 0.2) is 0 Å². The van der Waals surface area contributed by atoms with Crippen LogP contribution in [-0.2, 0) is 9.53 Å². The predicted molar refractivity (Wildman–Crippen MR) is 87.8 cm³/mol. The quantitative estimate of drug-likeness (QED) is 0.866. The van der Waals surface area contributed by atoms with Crippen LogP contribution in [0.3, 0.4) is 0 Å². The Hall–Kier alpha value is -2.24. The first-order chi connectivity index (χ1) is 10.9. The Labute approximate surface area is 136 Å². The van der Waals surface area contributed by atoms with Crippen molar-refractivity contribution in [3.05, 3.63) is 24.3 Å².